The Balaban J connectivity index is 1.58. The summed E-state index contributed by atoms with van der Waals surface area (Å²) in [5.74, 6) is 0. The summed E-state index contributed by atoms with van der Waals surface area (Å²) >= 11 is 0. The Morgan fingerprint density at radius 3 is 2.11 bits per heavy atom. The quantitative estimate of drug-likeness (QED) is 0.330. The lowest BCUT2D eigenvalue weighted by molar-refractivity contribution is 0.00578. The highest BCUT2D eigenvalue weighted by Crippen LogP contribution is 2.49. The number of allylic oxidation sites excluding steroid dienone is 4. The van der Waals surface area contributed by atoms with Gasteiger partial charge in [0.2, 0.25) is 0 Å². The Bertz CT molecular complexity index is 1480. The van der Waals surface area contributed by atoms with Gasteiger partial charge in [0.25, 0.3) is 0 Å². The van der Waals surface area contributed by atoms with Crippen molar-refractivity contribution in [2.75, 3.05) is 11.4 Å². The number of benzene rings is 3. The molecule has 1 fully saturated rings. The minimum absolute atomic E-state index is 0.147. The normalized spacial score (nSPS) is 23.7. The highest BCUT2D eigenvalue weighted by molar-refractivity contribution is 6.56. The molecule has 0 saturated carbocycles. The molecule has 0 amide bonds. The topological polar surface area (TPSA) is 21.7 Å². The summed E-state index contributed by atoms with van der Waals surface area (Å²) in [6.07, 6.45) is 4.48. The molecule has 3 aromatic rings. The monoisotopic (exact) mass is 501 g/mol. The maximum atomic E-state index is 6.56. The molecule has 6 rings (SSSR count). The molecular formula is C34H36BNO2. The second-order valence-corrected chi connectivity index (χ2v) is 12.3. The summed E-state index contributed by atoms with van der Waals surface area (Å²) < 4.78 is 13.1. The lowest BCUT2D eigenvalue weighted by Crippen LogP contribution is -2.41. The molecule has 0 radical (unpaired) electrons. The van der Waals surface area contributed by atoms with E-state index in [1.165, 1.54) is 28.0 Å². The third-order valence-electron chi connectivity index (χ3n) is 8.95. The van der Waals surface area contributed by atoms with Gasteiger partial charge in [-0.2, -0.15) is 0 Å². The second kappa shape index (κ2) is 8.59. The first kappa shape index (κ1) is 25.0. The van der Waals surface area contributed by atoms with Crippen molar-refractivity contribution in [1.29, 1.82) is 0 Å². The molecular weight excluding hydrogens is 465 g/mol. The van der Waals surface area contributed by atoms with Crippen molar-refractivity contribution in [3.05, 3.63) is 114 Å². The van der Waals surface area contributed by atoms with Crippen LogP contribution in [0.15, 0.2) is 103 Å². The average molecular weight is 501 g/mol. The highest BCUT2D eigenvalue weighted by atomic mass is 16.7. The number of nitrogens with zero attached hydrogens (tertiary/aromatic N) is 1. The summed E-state index contributed by atoms with van der Waals surface area (Å²) in [7, 11) is -0.468. The molecule has 4 heteroatoms. The van der Waals surface area contributed by atoms with Crippen molar-refractivity contribution in [2.24, 2.45) is 0 Å². The van der Waals surface area contributed by atoms with Gasteiger partial charge in [0, 0.05) is 28.9 Å². The van der Waals surface area contributed by atoms with Crippen molar-refractivity contribution in [2.45, 2.75) is 58.2 Å². The Labute approximate surface area is 227 Å². The number of anilines is 2. The highest BCUT2D eigenvalue weighted by Gasteiger charge is 2.52. The van der Waals surface area contributed by atoms with Crippen molar-refractivity contribution in [3.8, 4) is 11.1 Å². The molecule has 3 aromatic carbocycles. The maximum Gasteiger partial charge on any atom is 0.494 e. The lowest BCUT2D eigenvalue weighted by atomic mass is 9.69. The van der Waals surface area contributed by atoms with E-state index in [9.17, 15) is 0 Å². The van der Waals surface area contributed by atoms with Crippen LogP contribution < -0.4 is 4.90 Å². The Morgan fingerprint density at radius 1 is 0.737 bits per heavy atom. The molecule has 0 N–H and O–H groups in total. The number of fused-ring (bicyclic) bond motifs is 6. The Morgan fingerprint density at radius 2 is 1.39 bits per heavy atom. The van der Waals surface area contributed by atoms with Gasteiger partial charge in [0.05, 0.1) is 11.2 Å². The van der Waals surface area contributed by atoms with Crippen molar-refractivity contribution < 1.29 is 9.31 Å². The molecule has 0 aromatic heterocycles. The zero-order chi connectivity index (χ0) is 26.9. The molecule has 3 heterocycles. The minimum Gasteiger partial charge on any atom is -0.399 e. The number of para-hydroxylation sites is 1. The van der Waals surface area contributed by atoms with Gasteiger partial charge in [-0.1, -0.05) is 87.2 Å². The SMILES string of the molecule is C=C1/C=C(B2OC(C)(C)C(C)(C)O2)\C=C2/CN(c3ccc(-c4ccccc4)cc31)c1ccccc1C2(C)C. The third-order valence-corrected chi connectivity index (χ3v) is 8.95. The molecule has 0 atom stereocenters. The molecule has 1 saturated heterocycles. The van der Waals surface area contributed by atoms with Crippen LogP contribution >= 0.6 is 0 Å². The predicted octanol–water partition coefficient (Wildman–Crippen LogP) is 8.29. The van der Waals surface area contributed by atoms with Gasteiger partial charge in [-0.15, -0.1) is 0 Å². The Kier molecular flexibility index (Phi) is 5.64. The van der Waals surface area contributed by atoms with Crippen molar-refractivity contribution >= 4 is 24.1 Å². The zero-order valence-electron chi connectivity index (χ0n) is 23.3. The summed E-state index contributed by atoms with van der Waals surface area (Å²) in [6, 6.07) is 26.1. The predicted molar refractivity (Wildman–Crippen MR) is 160 cm³/mol. The van der Waals surface area contributed by atoms with E-state index in [0.29, 0.717) is 0 Å². The fourth-order valence-electron chi connectivity index (χ4n) is 5.78. The van der Waals surface area contributed by atoms with Crippen molar-refractivity contribution in [3.63, 3.8) is 0 Å². The number of hydrogen-bond acceptors (Lipinski definition) is 3. The van der Waals surface area contributed by atoms with E-state index in [-0.39, 0.29) is 5.41 Å². The van der Waals surface area contributed by atoms with E-state index in [1.807, 2.05) is 0 Å². The van der Waals surface area contributed by atoms with Gasteiger partial charge in [0.1, 0.15) is 0 Å². The van der Waals surface area contributed by atoms with Gasteiger partial charge in [-0.25, -0.2) is 0 Å². The summed E-state index contributed by atoms with van der Waals surface area (Å²) in [5, 5.41) is 0. The lowest BCUT2D eigenvalue weighted by Gasteiger charge is -2.43. The first-order valence-electron chi connectivity index (χ1n) is 13.5. The summed E-state index contributed by atoms with van der Waals surface area (Å²) in [6.45, 7) is 18.4. The molecule has 38 heavy (non-hydrogen) atoms. The molecule has 0 spiro atoms. The van der Waals surface area contributed by atoms with Crippen LogP contribution in [0, 0.1) is 0 Å². The van der Waals surface area contributed by atoms with Crippen LogP contribution in [0.5, 0.6) is 0 Å². The molecule has 0 unspecified atom stereocenters. The standard InChI is InChI=1S/C34H36BNO2/c1-23-19-27(35-37-33(4,5)34(6,7)38-35)21-26-22-36(31-16-12-11-15-29(31)32(26,2)3)30-18-17-25(20-28(23)30)24-13-9-8-10-14-24/h8-21H,1,22H2,2-7H3/b26-21+,27-19+. The van der Waals surface area contributed by atoms with E-state index >= 15 is 0 Å². The first-order chi connectivity index (χ1) is 18.0. The second-order valence-electron chi connectivity index (χ2n) is 12.3. The van der Waals surface area contributed by atoms with Gasteiger partial charge < -0.3 is 14.2 Å². The van der Waals surface area contributed by atoms with E-state index < -0.39 is 18.3 Å². The van der Waals surface area contributed by atoms with E-state index in [2.05, 4.69) is 138 Å². The van der Waals surface area contributed by atoms with Crippen molar-refractivity contribution in [1.82, 2.24) is 0 Å². The molecule has 3 aliphatic heterocycles. The Hall–Kier alpha value is -3.34. The van der Waals surface area contributed by atoms with Crippen LogP contribution in [0.4, 0.5) is 11.4 Å². The zero-order valence-corrected chi connectivity index (χ0v) is 23.3. The minimum atomic E-state index is -0.468. The average Bonchev–Trinajstić information content (AvgIpc) is 3.14. The number of rotatable bonds is 2. The third kappa shape index (κ3) is 3.90. The maximum absolute atomic E-state index is 6.56. The molecule has 0 aliphatic carbocycles. The summed E-state index contributed by atoms with van der Waals surface area (Å²) in [5.41, 5.74) is 9.50. The van der Waals surface area contributed by atoms with E-state index in [1.54, 1.807) is 0 Å². The van der Waals surface area contributed by atoms with Crippen LogP contribution in [0.3, 0.4) is 0 Å². The number of hydrogen-bond donors (Lipinski definition) is 0. The van der Waals surface area contributed by atoms with Crippen LogP contribution in [0.1, 0.15) is 52.7 Å². The first-order valence-corrected chi connectivity index (χ1v) is 13.5. The molecule has 3 nitrogen and oxygen atoms in total. The molecule has 3 aliphatic rings. The largest absolute Gasteiger partial charge is 0.494 e. The molecule has 2 bridgehead atoms. The molecule has 192 valence electrons. The fourth-order valence-corrected chi connectivity index (χ4v) is 5.78. The smallest absolute Gasteiger partial charge is 0.399 e. The van der Waals surface area contributed by atoms with E-state index in [4.69, 9.17) is 9.31 Å². The van der Waals surface area contributed by atoms with Crippen LogP contribution in [0.2, 0.25) is 0 Å². The fraction of sp³-hybridized carbons (Fsp3) is 0.294. The van der Waals surface area contributed by atoms with Crippen LogP contribution in [0.25, 0.3) is 16.7 Å². The van der Waals surface area contributed by atoms with Crippen LogP contribution in [-0.4, -0.2) is 24.9 Å². The van der Waals surface area contributed by atoms with E-state index in [0.717, 1.165) is 28.8 Å². The summed E-state index contributed by atoms with van der Waals surface area (Å²) in [4.78, 5) is 2.45. The van der Waals surface area contributed by atoms with Crippen LogP contribution in [-0.2, 0) is 14.7 Å². The van der Waals surface area contributed by atoms with Gasteiger partial charge >= 0.3 is 7.12 Å². The van der Waals surface area contributed by atoms with Gasteiger partial charge in [-0.05, 0) is 79.2 Å². The van der Waals surface area contributed by atoms with Gasteiger partial charge in [0.15, 0.2) is 0 Å². The van der Waals surface area contributed by atoms with Gasteiger partial charge in [-0.3, -0.25) is 0 Å².